The summed E-state index contributed by atoms with van der Waals surface area (Å²) in [6.07, 6.45) is 1.60. The van der Waals surface area contributed by atoms with Gasteiger partial charge in [-0.25, -0.2) is 4.79 Å². The number of aliphatic hydroxyl groups is 1. The van der Waals surface area contributed by atoms with E-state index < -0.39 is 17.9 Å². The number of hydrogen-bond donors (Lipinski definition) is 3. The Labute approximate surface area is 238 Å². The highest BCUT2D eigenvalue weighted by Gasteiger charge is 2.32. The molecule has 1 aliphatic rings. The average molecular weight is 569 g/mol. The van der Waals surface area contributed by atoms with Crippen molar-refractivity contribution in [3.8, 4) is 0 Å². The number of carboxylic acid groups (broad SMARTS) is 1. The lowest BCUT2D eigenvalue weighted by Crippen LogP contribution is -2.39. The molecule has 3 aromatic rings. The van der Waals surface area contributed by atoms with Gasteiger partial charge in [0.05, 0.1) is 27.5 Å². The Bertz CT molecular complexity index is 1350. The molecule has 0 aliphatic carbocycles. The number of hydrogen-bond acceptors (Lipinski definition) is 5. The van der Waals surface area contributed by atoms with Gasteiger partial charge in [-0.15, -0.1) is 0 Å². The van der Waals surface area contributed by atoms with Gasteiger partial charge in [0.25, 0.3) is 0 Å². The molecule has 204 valence electrons. The molecule has 1 saturated heterocycles. The molecule has 3 aromatic carbocycles. The molecule has 39 heavy (non-hydrogen) atoms. The van der Waals surface area contributed by atoms with Gasteiger partial charge < -0.3 is 15.5 Å². The van der Waals surface area contributed by atoms with E-state index in [0.29, 0.717) is 45.5 Å². The summed E-state index contributed by atoms with van der Waals surface area (Å²) < 4.78 is 0. The van der Waals surface area contributed by atoms with Crippen molar-refractivity contribution in [3.63, 3.8) is 0 Å². The highest BCUT2D eigenvalue weighted by atomic mass is 35.5. The van der Waals surface area contributed by atoms with Gasteiger partial charge >= 0.3 is 5.97 Å². The van der Waals surface area contributed by atoms with Crippen LogP contribution in [0.2, 0.25) is 10.0 Å². The molecule has 1 heterocycles. The number of likely N-dealkylation sites (tertiary alicyclic amines) is 1. The smallest absolute Gasteiger partial charge is 0.328 e. The summed E-state index contributed by atoms with van der Waals surface area (Å²) in [6, 6.07) is 20.5. The highest BCUT2D eigenvalue weighted by Crippen LogP contribution is 2.28. The maximum atomic E-state index is 13.6. The quantitative estimate of drug-likeness (QED) is 0.280. The van der Waals surface area contributed by atoms with Crippen LogP contribution in [-0.2, 0) is 16.1 Å². The monoisotopic (exact) mass is 567 g/mol. The van der Waals surface area contributed by atoms with Crippen molar-refractivity contribution < 1.29 is 19.8 Å². The number of aliphatic imine (C=N–C) groups is 1. The lowest BCUT2D eigenvalue weighted by Gasteiger charge is -2.25. The normalized spacial score (nSPS) is 17.5. The van der Waals surface area contributed by atoms with Crippen LogP contribution in [0, 0.1) is 5.92 Å². The van der Waals surface area contributed by atoms with E-state index in [9.17, 15) is 19.8 Å². The predicted molar refractivity (Wildman–Crippen MR) is 155 cm³/mol. The summed E-state index contributed by atoms with van der Waals surface area (Å²) in [5, 5.41) is 23.5. The number of para-hydroxylation sites is 1. The topological polar surface area (TPSA) is 102 Å². The van der Waals surface area contributed by atoms with Gasteiger partial charge in [-0.3, -0.25) is 14.7 Å². The van der Waals surface area contributed by atoms with E-state index in [0.717, 1.165) is 18.5 Å². The van der Waals surface area contributed by atoms with Gasteiger partial charge in [0.2, 0.25) is 5.91 Å². The van der Waals surface area contributed by atoms with Crippen molar-refractivity contribution in [2.45, 2.75) is 38.4 Å². The Morgan fingerprint density at radius 3 is 2.46 bits per heavy atom. The lowest BCUT2D eigenvalue weighted by atomic mass is 9.98. The third-order valence-corrected chi connectivity index (χ3v) is 7.61. The number of aliphatic carboxylic acids is 1. The number of carboxylic acids is 1. The van der Waals surface area contributed by atoms with Crippen molar-refractivity contribution >= 4 is 46.5 Å². The zero-order chi connectivity index (χ0) is 27.9. The maximum Gasteiger partial charge on any atom is 0.328 e. The Kier molecular flexibility index (Phi) is 9.75. The molecule has 0 bridgehead atoms. The van der Waals surface area contributed by atoms with E-state index in [1.807, 2.05) is 60.7 Å². The third-order valence-electron chi connectivity index (χ3n) is 6.87. The first-order valence-corrected chi connectivity index (χ1v) is 13.6. The van der Waals surface area contributed by atoms with E-state index >= 15 is 0 Å². The summed E-state index contributed by atoms with van der Waals surface area (Å²) >= 11 is 12.3. The molecule has 7 nitrogen and oxygen atoms in total. The largest absolute Gasteiger partial charge is 0.480 e. The maximum absolute atomic E-state index is 13.6. The van der Waals surface area contributed by atoms with Crippen molar-refractivity contribution in [2.75, 3.05) is 18.5 Å². The molecule has 9 heteroatoms. The molecule has 3 atom stereocenters. The fourth-order valence-corrected chi connectivity index (χ4v) is 5.08. The van der Waals surface area contributed by atoms with E-state index in [2.05, 4.69) is 15.2 Å². The SMILES string of the molecule is C[C@H](CO)[C@H](N=C(c1ccccc1)c1ccccc1NC(=O)[C@@H]1CCCN1Cc1ccc(Cl)c(Cl)c1)C(=O)O. The van der Waals surface area contributed by atoms with Gasteiger partial charge in [-0.05, 0) is 43.1 Å². The first-order valence-electron chi connectivity index (χ1n) is 12.8. The van der Waals surface area contributed by atoms with Crippen LogP contribution in [0.4, 0.5) is 5.69 Å². The number of nitrogens with zero attached hydrogens (tertiary/aromatic N) is 2. The fourth-order valence-electron chi connectivity index (χ4n) is 4.76. The second kappa shape index (κ2) is 13.2. The summed E-state index contributed by atoms with van der Waals surface area (Å²) in [5.41, 5.74) is 3.24. The van der Waals surface area contributed by atoms with Crippen LogP contribution in [0.15, 0.2) is 77.8 Å². The third kappa shape index (κ3) is 7.05. The predicted octanol–water partition coefficient (Wildman–Crippen LogP) is 5.52. The minimum atomic E-state index is -1.16. The molecule has 1 fully saturated rings. The Balaban J connectivity index is 1.64. The molecular weight excluding hydrogens is 537 g/mol. The minimum absolute atomic E-state index is 0.147. The Morgan fingerprint density at radius 2 is 1.77 bits per heavy atom. The van der Waals surface area contributed by atoms with Crippen LogP contribution in [0.25, 0.3) is 0 Å². The number of amides is 1. The van der Waals surface area contributed by atoms with Crippen LogP contribution in [0.1, 0.15) is 36.5 Å². The first kappa shape index (κ1) is 28.8. The van der Waals surface area contributed by atoms with Gasteiger partial charge in [0, 0.05) is 30.2 Å². The van der Waals surface area contributed by atoms with Gasteiger partial charge in [0.1, 0.15) is 0 Å². The van der Waals surface area contributed by atoms with E-state index in [1.54, 1.807) is 19.1 Å². The number of aliphatic hydroxyl groups excluding tert-OH is 1. The van der Waals surface area contributed by atoms with Crippen molar-refractivity contribution in [3.05, 3.63) is 99.5 Å². The summed E-state index contributed by atoms with van der Waals surface area (Å²) in [5.74, 6) is -1.88. The van der Waals surface area contributed by atoms with E-state index in [4.69, 9.17) is 23.2 Å². The number of carbonyl (C=O) groups excluding carboxylic acids is 1. The first-order chi connectivity index (χ1) is 18.8. The average Bonchev–Trinajstić information content (AvgIpc) is 3.40. The molecule has 1 aliphatic heterocycles. The lowest BCUT2D eigenvalue weighted by molar-refractivity contribution is -0.140. The van der Waals surface area contributed by atoms with Crippen molar-refractivity contribution in [2.24, 2.45) is 10.9 Å². The van der Waals surface area contributed by atoms with E-state index in [1.165, 1.54) is 0 Å². The molecule has 0 unspecified atom stereocenters. The van der Waals surface area contributed by atoms with Crippen molar-refractivity contribution in [1.82, 2.24) is 4.90 Å². The molecular formula is C30H31Cl2N3O4. The van der Waals surface area contributed by atoms with Crippen LogP contribution in [-0.4, -0.2) is 57.9 Å². The summed E-state index contributed by atoms with van der Waals surface area (Å²) in [6.45, 7) is 2.65. The number of benzene rings is 3. The second-order valence-electron chi connectivity index (χ2n) is 9.70. The number of halogens is 2. The summed E-state index contributed by atoms with van der Waals surface area (Å²) in [4.78, 5) is 32.3. The number of nitrogens with one attached hydrogen (secondary N) is 1. The second-order valence-corrected chi connectivity index (χ2v) is 10.5. The molecule has 0 spiro atoms. The molecule has 3 N–H and O–H groups in total. The minimum Gasteiger partial charge on any atom is -0.480 e. The molecule has 0 aromatic heterocycles. The van der Waals surface area contributed by atoms with E-state index in [-0.39, 0.29) is 18.6 Å². The number of anilines is 1. The highest BCUT2D eigenvalue weighted by molar-refractivity contribution is 6.42. The van der Waals surface area contributed by atoms with Gasteiger partial charge in [-0.1, -0.05) is 84.7 Å². The Morgan fingerprint density at radius 1 is 1.05 bits per heavy atom. The van der Waals surface area contributed by atoms with Crippen molar-refractivity contribution in [1.29, 1.82) is 0 Å². The van der Waals surface area contributed by atoms with Crippen LogP contribution < -0.4 is 5.32 Å². The number of rotatable bonds is 10. The zero-order valence-electron chi connectivity index (χ0n) is 21.6. The van der Waals surface area contributed by atoms with Gasteiger partial charge in [-0.2, -0.15) is 0 Å². The fraction of sp³-hybridized carbons (Fsp3) is 0.300. The van der Waals surface area contributed by atoms with Crippen LogP contribution in [0.5, 0.6) is 0 Å². The molecule has 4 rings (SSSR count). The molecule has 1 amide bonds. The Hall–Kier alpha value is -3.23. The summed E-state index contributed by atoms with van der Waals surface area (Å²) in [7, 11) is 0. The number of carbonyl (C=O) groups is 2. The standard InChI is InChI=1S/C30H31Cl2N3O4/c1-19(18-36)27(30(38)39)34-28(21-8-3-2-4-9-21)22-10-5-6-11-25(22)33-29(37)26-12-7-15-35(26)17-20-13-14-23(31)24(32)16-20/h2-6,8-11,13-14,16,19,26-27,36H,7,12,15,17-18H2,1H3,(H,33,37)(H,38,39)/t19-,26+,27+/m1/s1. The zero-order valence-corrected chi connectivity index (χ0v) is 23.1. The van der Waals surface area contributed by atoms with Crippen LogP contribution in [0.3, 0.4) is 0 Å². The van der Waals surface area contributed by atoms with Crippen LogP contribution >= 0.6 is 23.2 Å². The molecule has 0 radical (unpaired) electrons. The molecule has 0 saturated carbocycles. The van der Waals surface area contributed by atoms with Gasteiger partial charge in [0.15, 0.2) is 6.04 Å².